The SMILES string of the molecule is [O]c1cnc(Cl)cn1. The molecule has 1 aromatic heterocycles. The number of nitrogens with zero attached hydrogens (tertiary/aromatic N) is 2. The van der Waals surface area contributed by atoms with Gasteiger partial charge in [0, 0.05) is 0 Å². The van der Waals surface area contributed by atoms with Crippen LogP contribution >= 0.6 is 11.6 Å². The topological polar surface area (TPSA) is 45.7 Å². The third-order valence-corrected chi connectivity index (χ3v) is 0.792. The van der Waals surface area contributed by atoms with Crippen molar-refractivity contribution in [3.63, 3.8) is 0 Å². The molecule has 1 heterocycles. The summed E-state index contributed by atoms with van der Waals surface area (Å²) in [6.07, 6.45) is 2.28. The molecular weight excluding hydrogens is 128 g/mol. The summed E-state index contributed by atoms with van der Waals surface area (Å²) in [6, 6.07) is 0. The van der Waals surface area contributed by atoms with Crippen molar-refractivity contribution in [1.82, 2.24) is 9.97 Å². The van der Waals surface area contributed by atoms with Gasteiger partial charge < -0.3 is 0 Å². The van der Waals surface area contributed by atoms with Gasteiger partial charge in [0.25, 0.3) is 5.88 Å². The zero-order chi connectivity index (χ0) is 5.98. The van der Waals surface area contributed by atoms with E-state index in [1.807, 2.05) is 0 Å². The van der Waals surface area contributed by atoms with Crippen LogP contribution in [0.1, 0.15) is 0 Å². The molecule has 0 spiro atoms. The Balaban J connectivity index is 3.03. The van der Waals surface area contributed by atoms with Crippen LogP contribution in [0.4, 0.5) is 0 Å². The highest BCUT2D eigenvalue weighted by molar-refractivity contribution is 6.29. The van der Waals surface area contributed by atoms with Crippen molar-refractivity contribution in [3.8, 4) is 5.88 Å². The number of rotatable bonds is 0. The smallest absolute Gasteiger partial charge is 0.266 e. The summed E-state index contributed by atoms with van der Waals surface area (Å²) in [4.78, 5) is 6.80. The predicted octanol–water partition coefficient (Wildman–Crippen LogP) is 1.27. The highest BCUT2D eigenvalue weighted by Crippen LogP contribution is 2.04. The highest BCUT2D eigenvalue weighted by atomic mass is 35.5. The van der Waals surface area contributed by atoms with Gasteiger partial charge in [-0.25, -0.2) is 9.97 Å². The maximum Gasteiger partial charge on any atom is 0.288 e. The fraction of sp³-hybridized carbons (Fsp3) is 0. The van der Waals surface area contributed by atoms with Gasteiger partial charge in [-0.2, -0.15) is 0 Å². The Morgan fingerprint density at radius 1 is 1.38 bits per heavy atom. The van der Waals surface area contributed by atoms with E-state index in [2.05, 4.69) is 9.97 Å². The summed E-state index contributed by atoms with van der Waals surface area (Å²) in [6.45, 7) is 0. The van der Waals surface area contributed by atoms with Crippen LogP contribution in [0, 0.1) is 0 Å². The zero-order valence-electron chi connectivity index (χ0n) is 3.84. The standard InChI is InChI=1S/C4H2ClN2O/c5-3-1-7-4(8)2-6-3/h1-2H. The Morgan fingerprint density at radius 2 is 2.12 bits per heavy atom. The third-order valence-electron chi connectivity index (χ3n) is 0.597. The molecule has 0 aliphatic heterocycles. The summed E-state index contributed by atoms with van der Waals surface area (Å²) < 4.78 is 0. The average Bonchev–Trinajstić information content (AvgIpc) is 1.77. The summed E-state index contributed by atoms with van der Waals surface area (Å²) in [5, 5.41) is 10.4. The summed E-state index contributed by atoms with van der Waals surface area (Å²) in [5.74, 6) is -0.366. The maximum absolute atomic E-state index is 10.2. The monoisotopic (exact) mass is 129 g/mol. The van der Waals surface area contributed by atoms with Crippen molar-refractivity contribution in [3.05, 3.63) is 17.5 Å². The van der Waals surface area contributed by atoms with Crippen molar-refractivity contribution < 1.29 is 5.11 Å². The lowest BCUT2D eigenvalue weighted by Crippen LogP contribution is -1.74. The quantitative estimate of drug-likeness (QED) is 0.530. The third kappa shape index (κ3) is 1.07. The van der Waals surface area contributed by atoms with Gasteiger partial charge in [-0.1, -0.05) is 11.6 Å². The van der Waals surface area contributed by atoms with E-state index in [-0.39, 0.29) is 11.0 Å². The first-order valence-electron chi connectivity index (χ1n) is 1.93. The number of aromatic nitrogens is 2. The van der Waals surface area contributed by atoms with Gasteiger partial charge in [-0.05, 0) is 0 Å². The molecule has 0 aromatic carbocycles. The van der Waals surface area contributed by atoms with Crippen LogP contribution in [0.25, 0.3) is 0 Å². The highest BCUT2D eigenvalue weighted by Gasteiger charge is 1.89. The molecule has 41 valence electrons. The molecule has 0 aliphatic carbocycles. The van der Waals surface area contributed by atoms with Gasteiger partial charge in [-0.3, -0.25) is 5.11 Å². The van der Waals surface area contributed by atoms with E-state index in [9.17, 15) is 5.11 Å². The van der Waals surface area contributed by atoms with Crippen molar-refractivity contribution in [2.45, 2.75) is 0 Å². The van der Waals surface area contributed by atoms with Crippen LogP contribution in [-0.4, -0.2) is 9.97 Å². The van der Waals surface area contributed by atoms with Crippen LogP contribution in [0.3, 0.4) is 0 Å². The molecule has 0 aliphatic rings. The second-order valence-corrected chi connectivity index (χ2v) is 1.56. The lowest BCUT2D eigenvalue weighted by Gasteiger charge is -1.82. The van der Waals surface area contributed by atoms with Crippen molar-refractivity contribution in [1.29, 1.82) is 0 Å². The Hall–Kier alpha value is -0.830. The molecule has 0 saturated heterocycles. The lowest BCUT2D eigenvalue weighted by atomic mass is 10.7. The van der Waals surface area contributed by atoms with Gasteiger partial charge in [0.05, 0.1) is 12.4 Å². The van der Waals surface area contributed by atoms with E-state index in [1.54, 1.807) is 0 Å². The fourth-order valence-electron chi connectivity index (χ4n) is 0.300. The van der Waals surface area contributed by atoms with Crippen molar-refractivity contribution in [2.75, 3.05) is 0 Å². The van der Waals surface area contributed by atoms with E-state index in [0.717, 1.165) is 6.20 Å². The molecule has 0 atom stereocenters. The van der Waals surface area contributed by atoms with E-state index in [4.69, 9.17) is 11.6 Å². The van der Waals surface area contributed by atoms with Crippen molar-refractivity contribution >= 4 is 11.6 Å². The largest absolute Gasteiger partial charge is 0.288 e. The molecule has 0 amide bonds. The number of hydrogen-bond acceptors (Lipinski definition) is 2. The minimum Gasteiger partial charge on any atom is -0.266 e. The van der Waals surface area contributed by atoms with Crippen LogP contribution < -0.4 is 0 Å². The molecule has 1 radical (unpaired) electrons. The normalized spacial score (nSPS) is 9.12. The maximum atomic E-state index is 10.2. The first-order valence-corrected chi connectivity index (χ1v) is 2.31. The summed E-state index contributed by atoms with van der Waals surface area (Å²) in [5.41, 5.74) is 0. The van der Waals surface area contributed by atoms with E-state index < -0.39 is 0 Å². The Bertz CT molecular complexity index is 153. The molecule has 8 heavy (non-hydrogen) atoms. The summed E-state index contributed by atoms with van der Waals surface area (Å²) >= 11 is 5.30. The molecule has 0 bridgehead atoms. The number of hydrogen-bond donors (Lipinski definition) is 0. The van der Waals surface area contributed by atoms with E-state index >= 15 is 0 Å². The minimum absolute atomic E-state index is 0.240. The van der Waals surface area contributed by atoms with Gasteiger partial charge in [0.2, 0.25) is 0 Å². The van der Waals surface area contributed by atoms with Gasteiger partial charge in [0.15, 0.2) is 0 Å². The molecule has 4 heteroatoms. The van der Waals surface area contributed by atoms with Crippen LogP contribution in [-0.2, 0) is 5.11 Å². The first-order chi connectivity index (χ1) is 3.79. The van der Waals surface area contributed by atoms with Gasteiger partial charge in [-0.15, -0.1) is 0 Å². The fourth-order valence-corrected chi connectivity index (χ4v) is 0.398. The molecule has 1 aromatic rings. The Kier molecular flexibility index (Phi) is 1.30. The Labute approximate surface area is 51.0 Å². The molecule has 1 rings (SSSR count). The van der Waals surface area contributed by atoms with Gasteiger partial charge >= 0.3 is 0 Å². The molecule has 0 unspecified atom stereocenters. The lowest BCUT2D eigenvalue weighted by molar-refractivity contribution is 0.335. The minimum atomic E-state index is -0.366. The van der Waals surface area contributed by atoms with E-state index in [0.29, 0.717) is 0 Å². The summed E-state index contributed by atoms with van der Waals surface area (Å²) in [7, 11) is 0. The van der Waals surface area contributed by atoms with E-state index in [1.165, 1.54) is 6.20 Å². The van der Waals surface area contributed by atoms with Crippen molar-refractivity contribution in [2.24, 2.45) is 0 Å². The Morgan fingerprint density at radius 3 is 2.50 bits per heavy atom. The molecule has 3 nitrogen and oxygen atoms in total. The second kappa shape index (κ2) is 1.96. The van der Waals surface area contributed by atoms with Crippen LogP contribution in [0.5, 0.6) is 5.88 Å². The average molecular weight is 130 g/mol. The van der Waals surface area contributed by atoms with Crippen LogP contribution in [0.15, 0.2) is 12.4 Å². The first kappa shape index (κ1) is 5.31. The zero-order valence-corrected chi connectivity index (χ0v) is 4.59. The predicted molar refractivity (Wildman–Crippen MR) is 27.2 cm³/mol. The molecular formula is C4H2ClN2O. The van der Waals surface area contributed by atoms with Crippen LogP contribution in [0.2, 0.25) is 5.15 Å². The van der Waals surface area contributed by atoms with Gasteiger partial charge in [0.1, 0.15) is 5.15 Å². The number of halogens is 1. The molecule has 0 saturated carbocycles. The molecule has 0 fully saturated rings. The second-order valence-electron chi connectivity index (χ2n) is 1.18. The molecule has 0 N–H and O–H groups in total.